The summed E-state index contributed by atoms with van der Waals surface area (Å²) in [5.74, 6) is -16.2. The lowest BCUT2D eigenvalue weighted by molar-refractivity contribution is -0.433. The number of aliphatic hydroxyl groups is 5. The third-order valence-electron chi connectivity index (χ3n) is 8.15. The second-order valence-electron chi connectivity index (χ2n) is 11.1. The minimum Gasteiger partial charge on any atom is -0.444 e. The first-order valence-electron chi connectivity index (χ1n) is 13.9. The molecule has 2 fully saturated rings. The number of Topliss-reactive ketones (excluding diaryl/α,β-unsaturated/α-hetero) is 5. The number of carbonyl (C=O) groups is 8. The van der Waals surface area contributed by atoms with Crippen molar-refractivity contribution in [2.75, 3.05) is 13.2 Å². The summed E-state index contributed by atoms with van der Waals surface area (Å²) < 4.78 is 32.7. The second kappa shape index (κ2) is 13.5. The van der Waals surface area contributed by atoms with Gasteiger partial charge in [-0.3, -0.25) is 38.4 Å². The second-order valence-corrected chi connectivity index (χ2v) is 11.1. The molecule has 19 nitrogen and oxygen atoms in total. The van der Waals surface area contributed by atoms with Crippen LogP contribution in [0, 0.1) is 0 Å². The summed E-state index contributed by atoms with van der Waals surface area (Å²) in [4.78, 5) is 107. The van der Waals surface area contributed by atoms with Gasteiger partial charge in [0.25, 0.3) is 11.4 Å². The summed E-state index contributed by atoms with van der Waals surface area (Å²) in [6, 6.07) is 0. The van der Waals surface area contributed by atoms with Crippen LogP contribution in [0.1, 0.15) is 55.4 Å². The summed E-state index contributed by atoms with van der Waals surface area (Å²) in [7, 11) is 0. The molecular weight excluding hydrogens is 640 g/mol. The van der Waals surface area contributed by atoms with Crippen LogP contribution in [0.3, 0.4) is 0 Å². The van der Waals surface area contributed by atoms with Crippen LogP contribution in [-0.4, -0.2) is 144 Å². The van der Waals surface area contributed by atoms with Gasteiger partial charge in [0.05, 0.1) is 13.2 Å². The van der Waals surface area contributed by atoms with Gasteiger partial charge in [-0.05, 0) is 27.7 Å². The van der Waals surface area contributed by atoms with E-state index in [4.69, 9.17) is 28.4 Å². The zero-order valence-electron chi connectivity index (χ0n) is 26.8. The third-order valence-corrected chi connectivity index (χ3v) is 8.15. The maximum atomic E-state index is 14.0. The molecular formula is C28H38O19. The van der Waals surface area contributed by atoms with E-state index in [0.29, 0.717) is 55.4 Å². The molecule has 47 heavy (non-hydrogen) atoms. The number of esters is 3. The standard InChI is InChI=1S/C28H38O19/c1-11(31)24(20(10-30)42-23(41)22(40)25(24,12(2)32)43-16(6)36)47-28(15(5)35)27(14(4)34,45-18(8)38)26(13(3)33,44-17(7)37)21(39)19(9-29)46-28/h19-23,29-30,39-41H,9-10H2,1-8H3/t19-,20-,21-,22+,23-,24-,25-,26+,27-,28-/m1/s1. The maximum Gasteiger partial charge on any atom is 0.304 e. The van der Waals surface area contributed by atoms with Crippen LogP contribution in [0.4, 0.5) is 0 Å². The maximum absolute atomic E-state index is 14.0. The van der Waals surface area contributed by atoms with Gasteiger partial charge in [0.15, 0.2) is 41.3 Å². The number of aliphatic hydroxyl groups excluding tert-OH is 5. The van der Waals surface area contributed by atoms with E-state index in [2.05, 4.69) is 0 Å². The number of carbonyl (C=O) groups excluding carboxylic acids is 8. The van der Waals surface area contributed by atoms with E-state index in [1.807, 2.05) is 0 Å². The van der Waals surface area contributed by atoms with Gasteiger partial charge in [0.1, 0.15) is 18.3 Å². The average molecular weight is 679 g/mol. The van der Waals surface area contributed by atoms with E-state index >= 15 is 0 Å². The van der Waals surface area contributed by atoms with Crippen molar-refractivity contribution >= 4 is 46.8 Å². The minimum atomic E-state index is -3.91. The zero-order valence-corrected chi connectivity index (χ0v) is 26.8. The Hall–Kier alpha value is -3.56. The van der Waals surface area contributed by atoms with E-state index in [1.165, 1.54) is 0 Å². The number of rotatable bonds is 12. The highest BCUT2D eigenvalue weighted by Gasteiger charge is 2.87. The van der Waals surface area contributed by atoms with Gasteiger partial charge in [-0.15, -0.1) is 0 Å². The molecule has 5 N–H and O–H groups in total. The number of hydrogen-bond donors (Lipinski definition) is 5. The highest BCUT2D eigenvalue weighted by molar-refractivity contribution is 6.07. The molecule has 264 valence electrons. The molecule has 0 aliphatic carbocycles. The topological polar surface area (TPSA) is 293 Å². The first kappa shape index (κ1) is 39.6. The van der Waals surface area contributed by atoms with Gasteiger partial charge in [-0.25, -0.2) is 0 Å². The minimum absolute atomic E-state index is 0.560. The largest absolute Gasteiger partial charge is 0.444 e. The smallest absolute Gasteiger partial charge is 0.304 e. The number of ketones is 5. The Morgan fingerprint density at radius 1 is 0.574 bits per heavy atom. The summed E-state index contributed by atoms with van der Waals surface area (Å²) in [5.41, 5.74) is -14.5. The van der Waals surface area contributed by atoms with Crippen molar-refractivity contribution in [2.24, 2.45) is 0 Å². The fourth-order valence-corrected chi connectivity index (χ4v) is 6.52. The Labute approximate surface area is 267 Å². The third kappa shape index (κ3) is 5.39. The van der Waals surface area contributed by atoms with Gasteiger partial charge in [0, 0.05) is 27.7 Å². The fraction of sp³-hybridized carbons (Fsp3) is 0.714. The van der Waals surface area contributed by atoms with Crippen molar-refractivity contribution < 1.29 is 92.3 Å². The lowest BCUT2D eigenvalue weighted by atomic mass is 9.62. The first-order valence-corrected chi connectivity index (χ1v) is 13.9. The Bertz CT molecular complexity index is 1360. The Balaban J connectivity index is 3.47. The van der Waals surface area contributed by atoms with E-state index in [-0.39, 0.29) is 0 Å². The molecule has 0 aromatic rings. The molecule has 2 aliphatic heterocycles. The normalized spacial score (nSPS) is 38.4. The van der Waals surface area contributed by atoms with Gasteiger partial charge in [-0.2, -0.15) is 0 Å². The van der Waals surface area contributed by atoms with Crippen molar-refractivity contribution in [1.82, 2.24) is 0 Å². The molecule has 2 saturated heterocycles. The first-order chi connectivity index (χ1) is 21.5. The predicted octanol–water partition coefficient (Wildman–Crippen LogP) is -3.89. The lowest BCUT2D eigenvalue weighted by Gasteiger charge is -2.63. The van der Waals surface area contributed by atoms with Gasteiger partial charge >= 0.3 is 17.9 Å². The molecule has 19 heteroatoms. The monoisotopic (exact) mass is 678 g/mol. The van der Waals surface area contributed by atoms with Crippen LogP contribution in [0.2, 0.25) is 0 Å². The summed E-state index contributed by atoms with van der Waals surface area (Å²) in [6.45, 7) is 2.16. The molecule has 0 bridgehead atoms. The van der Waals surface area contributed by atoms with Crippen molar-refractivity contribution in [3.8, 4) is 0 Å². The Morgan fingerprint density at radius 3 is 1.36 bits per heavy atom. The van der Waals surface area contributed by atoms with E-state index < -0.39 is 119 Å². The van der Waals surface area contributed by atoms with Crippen LogP contribution in [0.15, 0.2) is 0 Å². The molecule has 2 aliphatic rings. The van der Waals surface area contributed by atoms with Crippen molar-refractivity contribution in [3.63, 3.8) is 0 Å². The molecule has 0 aromatic heterocycles. The molecule has 0 spiro atoms. The fourth-order valence-electron chi connectivity index (χ4n) is 6.52. The molecule has 0 aromatic carbocycles. The molecule has 0 saturated carbocycles. The molecule has 0 unspecified atom stereocenters. The molecule has 0 radical (unpaired) electrons. The molecule has 10 atom stereocenters. The van der Waals surface area contributed by atoms with Crippen LogP contribution in [0.25, 0.3) is 0 Å². The van der Waals surface area contributed by atoms with Gasteiger partial charge in [0.2, 0.25) is 16.8 Å². The molecule has 2 heterocycles. The average Bonchev–Trinajstić information content (AvgIpc) is 2.94. The summed E-state index contributed by atoms with van der Waals surface area (Å²) >= 11 is 0. The molecule has 2 rings (SSSR count). The summed E-state index contributed by atoms with van der Waals surface area (Å²) in [5, 5.41) is 53.9. The van der Waals surface area contributed by atoms with E-state index in [0.717, 1.165) is 0 Å². The molecule has 0 amide bonds. The van der Waals surface area contributed by atoms with Crippen molar-refractivity contribution in [3.05, 3.63) is 0 Å². The number of ether oxygens (including phenoxy) is 6. The zero-order chi connectivity index (χ0) is 36.7. The van der Waals surface area contributed by atoms with E-state index in [1.54, 1.807) is 0 Å². The highest BCUT2D eigenvalue weighted by Crippen LogP contribution is 2.56. The van der Waals surface area contributed by atoms with Crippen molar-refractivity contribution in [2.45, 2.75) is 114 Å². The predicted molar refractivity (Wildman–Crippen MR) is 145 cm³/mol. The Kier molecular flexibility index (Phi) is 11.4. The highest BCUT2D eigenvalue weighted by atomic mass is 16.8. The number of hydrogen-bond acceptors (Lipinski definition) is 19. The van der Waals surface area contributed by atoms with Crippen molar-refractivity contribution in [1.29, 1.82) is 0 Å². The Morgan fingerprint density at radius 2 is 1.02 bits per heavy atom. The van der Waals surface area contributed by atoms with Crippen LogP contribution in [-0.2, 0) is 66.8 Å². The quantitative estimate of drug-likeness (QED) is 0.0973. The SMILES string of the molecule is CC(=O)O[C@@]1(C(C)=O)[C@](O[C@]2(C(C)=O)[C@@H](CO)O[C@@H](O)[C@H](O)[C@]2(OC(C)=O)C(C)=O)(C(C)=O)O[C@H](CO)[C@@H](O)[C@@]1(OC(C)=O)C(C)=O. The van der Waals surface area contributed by atoms with E-state index in [9.17, 15) is 63.9 Å². The summed E-state index contributed by atoms with van der Waals surface area (Å²) in [6.07, 6.45) is -12.7. The van der Waals surface area contributed by atoms with Crippen LogP contribution >= 0.6 is 0 Å². The van der Waals surface area contributed by atoms with Crippen LogP contribution in [0.5, 0.6) is 0 Å². The van der Waals surface area contributed by atoms with Gasteiger partial charge in [-0.1, -0.05) is 0 Å². The van der Waals surface area contributed by atoms with Gasteiger partial charge < -0.3 is 54.0 Å². The van der Waals surface area contributed by atoms with Crippen LogP contribution < -0.4 is 0 Å². The lowest BCUT2D eigenvalue weighted by Crippen LogP contribution is -2.91.